The lowest BCUT2D eigenvalue weighted by molar-refractivity contribution is 0.102. The van der Waals surface area contributed by atoms with Gasteiger partial charge >= 0.3 is 0 Å². The predicted molar refractivity (Wildman–Crippen MR) is 84.9 cm³/mol. The van der Waals surface area contributed by atoms with Crippen molar-refractivity contribution in [3.05, 3.63) is 58.1 Å². The molecule has 0 spiro atoms. The minimum atomic E-state index is -0.165. The van der Waals surface area contributed by atoms with E-state index in [2.05, 4.69) is 10.6 Å². The first-order valence-corrected chi connectivity index (χ1v) is 6.75. The summed E-state index contributed by atoms with van der Waals surface area (Å²) in [7, 11) is 1.86. The van der Waals surface area contributed by atoms with Gasteiger partial charge in [-0.15, -0.1) is 0 Å². The fraction of sp³-hybridized carbons (Fsp3) is 0.188. The SMILES string of the molecule is CNc1ccc(C(=O)Nc2ccc(C)cc2Cl)cc1C. The van der Waals surface area contributed by atoms with Crippen LogP contribution in [-0.2, 0) is 0 Å². The van der Waals surface area contributed by atoms with Crippen molar-refractivity contribution in [2.75, 3.05) is 17.7 Å². The average molecular weight is 289 g/mol. The quantitative estimate of drug-likeness (QED) is 0.886. The summed E-state index contributed by atoms with van der Waals surface area (Å²) in [6.07, 6.45) is 0. The van der Waals surface area contributed by atoms with Gasteiger partial charge in [-0.05, 0) is 55.3 Å². The second-order valence-electron chi connectivity index (χ2n) is 4.72. The Labute approximate surface area is 124 Å². The molecule has 0 aromatic heterocycles. The van der Waals surface area contributed by atoms with E-state index in [0.29, 0.717) is 16.3 Å². The number of carbonyl (C=O) groups is 1. The van der Waals surface area contributed by atoms with E-state index in [1.165, 1.54) is 0 Å². The van der Waals surface area contributed by atoms with Gasteiger partial charge in [0.25, 0.3) is 5.91 Å². The highest BCUT2D eigenvalue weighted by Gasteiger charge is 2.09. The van der Waals surface area contributed by atoms with Gasteiger partial charge in [0.05, 0.1) is 10.7 Å². The van der Waals surface area contributed by atoms with Crippen LogP contribution in [0.1, 0.15) is 21.5 Å². The number of rotatable bonds is 3. The van der Waals surface area contributed by atoms with E-state index in [9.17, 15) is 4.79 Å². The van der Waals surface area contributed by atoms with Crippen LogP contribution in [0.2, 0.25) is 5.02 Å². The Morgan fingerprint density at radius 3 is 2.35 bits per heavy atom. The predicted octanol–water partition coefficient (Wildman–Crippen LogP) is 4.25. The van der Waals surface area contributed by atoms with Gasteiger partial charge in [0.1, 0.15) is 0 Å². The Kier molecular flexibility index (Phi) is 4.30. The summed E-state index contributed by atoms with van der Waals surface area (Å²) in [6, 6.07) is 11.1. The molecule has 2 aromatic rings. The Hall–Kier alpha value is -2.00. The molecule has 0 aliphatic rings. The molecule has 0 saturated heterocycles. The first-order chi connectivity index (χ1) is 9.51. The van der Waals surface area contributed by atoms with Crippen LogP contribution in [0, 0.1) is 13.8 Å². The van der Waals surface area contributed by atoms with E-state index in [1.54, 1.807) is 6.07 Å². The van der Waals surface area contributed by atoms with Crippen LogP contribution < -0.4 is 10.6 Å². The van der Waals surface area contributed by atoms with Crippen LogP contribution in [0.4, 0.5) is 11.4 Å². The molecule has 0 aliphatic carbocycles. The molecule has 0 atom stereocenters. The zero-order chi connectivity index (χ0) is 14.7. The molecular formula is C16H17ClN2O. The summed E-state index contributed by atoms with van der Waals surface area (Å²) in [5, 5.41) is 6.44. The highest BCUT2D eigenvalue weighted by atomic mass is 35.5. The first-order valence-electron chi connectivity index (χ1n) is 6.37. The van der Waals surface area contributed by atoms with E-state index >= 15 is 0 Å². The lowest BCUT2D eigenvalue weighted by Crippen LogP contribution is -2.12. The molecule has 20 heavy (non-hydrogen) atoms. The molecule has 0 bridgehead atoms. The van der Waals surface area contributed by atoms with E-state index in [0.717, 1.165) is 16.8 Å². The highest BCUT2D eigenvalue weighted by Crippen LogP contribution is 2.24. The van der Waals surface area contributed by atoms with Gasteiger partial charge in [-0.3, -0.25) is 4.79 Å². The van der Waals surface area contributed by atoms with Crippen LogP contribution in [0.25, 0.3) is 0 Å². The smallest absolute Gasteiger partial charge is 0.255 e. The number of anilines is 2. The third kappa shape index (κ3) is 3.11. The second kappa shape index (κ2) is 5.97. The fourth-order valence-electron chi connectivity index (χ4n) is 2.00. The monoisotopic (exact) mass is 288 g/mol. The van der Waals surface area contributed by atoms with E-state index in [-0.39, 0.29) is 5.91 Å². The van der Waals surface area contributed by atoms with Crippen molar-refractivity contribution in [1.82, 2.24) is 0 Å². The zero-order valence-corrected chi connectivity index (χ0v) is 12.5. The Bertz CT molecular complexity index is 653. The number of halogens is 1. The Morgan fingerprint density at radius 1 is 1.05 bits per heavy atom. The van der Waals surface area contributed by atoms with Crippen LogP contribution in [0.5, 0.6) is 0 Å². The topological polar surface area (TPSA) is 41.1 Å². The number of nitrogens with one attached hydrogen (secondary N) is 2. The zero-order valence-electron chi connectivity index (χ0n) is 11.8. The second-order valence-corrected chi connectivity index (χ2v) is 5.12. The van der Waals surface area contributed by atoms with Gasteiger partial charge in [0.2, 0.25) is 0 Å². The maximum absolute atomic E-state index is 12.2. The summed E-state index contributed by atoms with van der Waals surface area (Å²) in [4.78, 5) is 12.2. The maximum Gasteiger partial charge on any atom is 0.255 e. The van der Waals surface area contributed by atoms with Crippen molar-refractivity contribution >= 4 is 28.9 Å². The van der Waals surface area contributed by atoms with Crippen LogP contribution in [0.15, 0.2) is 36.4 Å². The van der Waals surface area contributed by atoms with E-state index in [4.69, 9.17) is 11.6 Å². The molecule has 0 saturated carbocycles. The molecule has 0 fully saturated rings. The summed E-state index contributed by atoms with van der Waals surface area (Å²) < 4.78 is 0. The third-order valence-corrected chi connectivity index (χ3v) is 3.44. The molecule has 0 aliphatic heterocycles. The third-order valence-electron chi connectivity index (χ3n) is 3.13. The van der Waals surface area contributed by atoms with Crippen LogP contribution >= 0.6 is 11.6 Å². The van der Waals surface area contributed by atoms with Crippen molar-refractivity contribution in [3.63, 3.8) is 0 Å². The van der Waals surface area contributed by atoms with Gasteiger partial charge < -0.3 is 10.6 Å². The Balaban J connectivity index is 2.21. The number of amides is 1. The number of benzene rings is 2. The molecule has 104 valence electrons. The van der Waals surface area contributed by atoms with Crippen molar-refractivity contribution < 1.29 is 4.79 Å². The molecular weight excluding hydrogens is 272 g/mol. The van der Waals surface area contributed by atoms with E-state index < -0.39 is 0 Å². The van der Waals surface area contributed by atoms with Gasteiger partial charge in [0.15, 0.2) is 0 Å². The number of hydrogen-bond donors (Lipinski definition) is 2. The van der Waals surface area contributed by atoms with Crippen molar-refractivity contribution in [2.45, 2.75) is 13.8 Å². The standard InChI is InChI=1S/C16H17ClN2O/c1-10-4-6-15(13(17)8-10)19-16(20)12-5-7-14(18-3)11(2)9-12/h4-9,18H,1-3H3,(H,19,20). The molecule has 2 rings (SSSR count). The molecule has 0 heterocycles. The van der Waals surface area contributed by atoms with Gasteiger partial charge in [-0.1, -0.05) is 17.7 Å². The Morgan fingerprint density at radius 2 is 1.75 bits per heavy atom. The molecule has 4 heteroatoms. The summed E-state index contributed by atoms with van der Waals surface area (Å²) in [6.45, 7) is 3.92. The highest BCUT2D eigenvalue weighted by molar-refractivity contribution is 6.34. The van der Waals surface area contributed by atoms with Crippen LogP contribution in [-0.4, -0.2) is 13.0 Å². The molecule has 1 amide bonds. The first kappa shape index (κ1) is 14.4. The fourth-order valence-corrected chi connectivity index (χ4v) is 2.28. The van der Waals surface area contributed by atoms with Crippen molar-refractivity contribution in [3.8, 4) is 0 Å². The average Bonchev–Trinajstić information content (AvgIpc) is 2.41. The summed E-state index contributed by atoms with van der Waals surface area (Å²) >= 11 is 6.12. The van der Waals surface area contributed by atoms with Crippen molar-refractivity contribution in [1.29, 1.82) is 0 Å². The number of carbonyl (C=O) groups excluding carboxylic acids is 1. The lowest BCUT2D eigenvalue weighted by Gasteiger charge is -2.10. The molecule has 0 unspecified atom stereocenters. The van der Waals surface area contributed by atoms with Gasteiger partial charge in [-0.25, -0.2) is 0 Å². The summed E-state index contributed by atoms with van der Waals surface area (Å²) in [5.74, 6) is -0.165. The largest absolute Gasteiger partial charge is 0.388 e. The normalized spacial score (nSPS) is 10.2. The van der Waals surface area contributed by atoms with Gasteiger partial charge in [0, 0.05) is 18.3 Å². The molecule has 2 N–H and O–H groups in total. The van der Waals surface area contributed by atoms with Gasteiger partial charge in [-0.2, -0.15) is 0 Å². The lowest BCUT2D eigenvalue weighted by atomic mass is 10.1. The van der Waals surface area contributed by atoms with Crippen LogP contribution in [0.3, 0.4) is 0 Å². The molecule has 2 aromatic carbocycles. The minimum Gasteiger partial charge on any atom is -0.388 e. The molecule has 3 nitrogen and oxygen atoms in total. The van der Waals surface area contributed by atoms with Crippen molar-refractivity contribution in [2.24, 2.45) is 0 Å². The maximum atomic E-state index is 12.2. The molecule has 0 radical (unpaired) electrons. The van der Waals surface area contributed by atoms with E-state index in [1.807, 2.05) is 51.2 Å². The minimum absolute atomic E-state index is 0.165. The number of aryl methyl sites for hydroxylation is 2. The number of hydrogen-bond acceptors (Lipinski definition) is 2. The summed E-state index contributed by atoms with van der Waals surface area (Å²) in [5.41, 5.74) is 4.32.